The van der Waals surface area contributed by atoms with Gasteiger partial charge in [-0.25, -0.2) is 0 Å². The van der Waals surface area contributed by atoms with Crippen LogP contribution in [0.3, 0.4) is 0 Å². The Kier molecular flexibility index (Phi) is 26.7. The molecule has 0 aromatic heterocycles. The van der Waals surface area contributed by atoms with Crippen molar-refractivity contribution in [3.8, 4) is 0 Å². The third-order valence-electron chi connectivity index (χ3n) is 0.512. The number of rotatable bonds is 2. The molecular weight excluding hydrogens is 236 g/mol. The fourth-order valence-electron chi connectivity index (χ4n) is 0.158. The molecule has 0 aromatic rings. The predicted octanol–water partition coefficient (Wildman–Crippen LogP) is -1.67. The zero-order valence-electron chi connectivity index (χ0n) is 6.00. The molecule has 0 aliphatic carbocycles. The van der Waals surface area contributed by atoms with Crippen LogP contribution in [0.2, 0.25) is 0 Å². The maximum absolute atomic E-state index is 8.33. The summed E-state index contributed by atoms with van der Waals surface area (Å²) in [6, 6.07) is 0. The van der Waals surface area contributed by atoms with Crippen LogP contribution < -0.4 is 10.2 Å². The van der Waals surface area contributed by atoms with Gasteiger partial charge in [-0.3, -0.25) is 0 Å². The van der Waals surface area contributed by atoms with E-state index in [1.54, 1.807) is 0 Å². The van der Waals surface area contributed by atoms with E-state index in [4.69, 9.17) is 20.1 Å². The molecule has 0 aromatic carbocycles. The van der Waals surface area contributed by atoms with Crippen LogP contribution in [0.4, 0.5) is 4.79 Å². The quantitative estimate of drug-likeness (QED) is 0.591. The van der Waals surface area contributed by atoms with Gasteiger partial charge in [-0.15, -0.1) is 0 Å². The molecule has 56 valence electrons. The number of carboxylic acid groups (broad SMARTS) is 2. The molecule has 0 aliphatic rings. The van der Waals surface area contributed by atoms with Crippen molar-refractivity contribution in [2.24, 2.45) is 0 Å². The fourth-order valence-corrected chi connectivity index (χ4v) is 0.158. The molecule has 0 atom stereocenters. The number of carbonyl (C=O) groups excluding carboxylic acids is 1. The van der Waals surface area contributed by atoms with E-state index >= 15 is 0 Å². The Morgan fingerprint density at radius 1 is 1.50 bits per heavy atom. The average Bonchev–Trinajstić information content (AvgIpc) is 1.66. The van der Waals surface area contributed by atoms with Gasteiger partial charge in [0.1, 0.15) is 0 Å². The Labute approximate surface area is 80.0 Å². The van der Waals surface area contributed by atoms with Crippen LogP contribution in [0.15, 0.2) is 0 Å². The molecule has 0 bridgehead atoms. The second-order valence-electron chi connectivity index (χ2n) is 1.33. The molecule has 5 heteroatoms. The van der Waals surface area contributed by atoms with Crippen molar-refractivity contribution in [2.75, 3.05) is 6.61 Å². The summed E-state index contributed by atoms with van der Waals surface area (Å²) in [4.78, 5) is 8.33. The van der Waals surface area contributed by atoms with Crippen molar-refractivity contribution in [1.29, 1.82) is 0 Å². The molecule has 0 saturated carbocycles. The minimum absolute atomic E-state index is 0. The van der Waals surface area contributed by atoms with Gasteiger partial charge in [-0.1, -0.05) is 13.3 Å². The third kappa shape index (κ3) is 90.0. The van der Waals surface area contributed by atoms with E-state index in [1.165, 1.54) is 0 Å². The third-order valence-corrected chi connectivity index (χ3v) is 0.512. The normalized spacial score (nSPS) is 6.60. The summed E-state index contributed by atoms with van der Waals surface area (Å²) in [5.41, 5.74) is 0. The van der Waals surface area contributed by atoms with E-state index in [0.29, 0.717) is 6.61 Å². The minimum Gasteiger partial charge on any atom is -0.652 e. The molecule has 0 fully saturated rings. The second kappa shape index (κ2) is 16.1. The Morgan fingerprint density at radius 2 is 1.80 bits per heavy atom. The first kappa shape index (κ1) is 16.6. The number of hydrogen-bond donors (Lipinski definition) is 1. The molecule has 0 rings (SSSR count). The van der Waals surface area contributed by atoms with E-state index in [9.17, 15) is 0 Å². The van der Waals surface area contributed by atoms with Crippen LogP contribution >= 0.6 is 0 Å². The van der Waals surface area contributed by atoms with Crippen LogP contribution in [0.25, 0.3) is 0 Å². The average molecular weight is 247 g/mol. The summed E-state index contributed by atoms with van der Waals surface area (Å²) in [5, 5.41) is 24.7. The second-order valence-corrected chi connectivity index (χ2v) is 1.33. The van der Waals surface area contributed by atoms with E-state index in [2.05, 4.69) is 6.92 Å². The largest absolute Gasteiger partial charge is 2.00 e. The summed E-state index contributed by atoms with van der Waals surface area (Å²) < 4.78 is 0. The molecule has 4 nitrogen and oxygen atoms in total. The van der Waals surface area contributed by atoms with Crippen molar-refractivity contribution >= 4 is 6.16 Å². The summed E-state index contributed by atoms with van der Waals surface area (Å²) >= 11 is 0. The van der Waals surface area contributed by atoms with Gasteiger partial charge in [-0.2, -0.15) is 0 Å². The van der Waals surface area contributed by atoms with E-state index in [0.717, 1.165) is 12.8 Å². The van der Waals surface area contributed by atoms with Crippen molar-refractivity contribution in [3.63, 3.8) is 0 Å². The van der Waals surface area contributed by atoms with E-state index in [1.807, 2.05) is 0 Å². The van der Waals surface area contributed by atoms with Crippen LogP contribution in [0, 0.1) is 0 Å². The molecule has 0 spiro atoms. The summed E-state index contributed by atoms with van der Waals surface area (Å²) in [6.07, 6.45) is -0.295. The molecule has 0 aliphatic heterocycles. The van der Waals surface area contributed by atoms with Crippen LogP contribution in [-0.2, 0) is 27.3 Å². The number of aliphatic hydroxyl groups is 1. The molecule has 0 radical (unpaired) electrons. The summed E-state index contributed by atoms with van der Waals surface area (Å²) in [7, 11) is 0. The SMILES string of the molecule is CCCCO.O=C([O-])[O-].[Cd+2]. The maximum atomic E-state index is 8.33. The zero-order chi connectivity index (χ0) is 7.70. The van der Waals surface area contributed by atoms with Crippen LogP contribution in [0.1, 0.15) is 19.8 Å². The van der Waals surface area contributed by atoms with Gasteiger partial charge in [0.2, 0.25) is 0 Å². The molecule has 0 heterocycles. The predicted molar refractivity (Wildman–Crippen MR) is 27.4 cm³/mol. The number of carbonyl (C=O) groups is 1. The van der Waals surface area contributed by atoms with E-state index in [-0.39, 0.29) is 27.3 Å². The fraction of sp³-hybridized carbons (Fsp3) is 0.800. The molecule has 0 amide bonds. The Hall–Kier alpha value is 0.152. The molecule has 10 heavy (non-hydrogen) atoms. The maximum Gasteiger partial charge on any atom is 2.00 e. The van der Waals surface area contributed by atoms with Gasteiger partial charge in [0.25, 0.3) is 0 Å². The molecular formula is C5H10CdO4. The summed E-state index contributed by atoms with van der Waals surface area (Å²) in [6.45, 7) is 2.40. The first-order valence-corrected chi connectivity index (χ1v) is 2.64. The number of unbranched alkanes of at least 4 members (excludes halogenated alkanes) is 1. The zero-order valence-corrected chi connectivity index (χ0v) is 10.0. The van der Waals surface area contributed by atoms with Crippen LogP contribution in [0.5, 0.6) is 0 Å². The van der Waals surface area contributed by atoms with E-state index < -0.39 is 6.16 Å². The molecule has 1 N–H and O–H groups in total. The van der Waals surface area contributed by atoms with Gasteiger partial charge in [0.15, 0.2) is 0 Å². The van der Waals surface area contributed by atoms with Gasteiger partial charge < -0.3 is 20.1 Å². The van der Waals surface area contributed by atoms with Crippen LogP contribution in [-0.4, -0.2) is 17.9 Å². The Balaban J connectivity index is -0.0000000910. The molecule has 0 unspecified atom stereocenters. The Morgan fingerprint density at radius 3 is 1.80 bits per heavy atom. The van der Waals surface area contributed by atoms with Gasteiger partial charge in [0.05, 0.1) is 0 Å². The van der Waals surface area contributed by atoms with Crippen molar-refractivity contribution in [3.05, 3.63) is 0 Å². The Bertz CT molecular complexity index is 60.7. The van der Waals surface area contributed by atoms with Gasteiger partial charge in [0, 0.05) is 6.61 Å². The monoisotopic (exact) mass is 248 g/mol. The van der Waals surface area contributed by atoms with Crippen molar-refractivity contribution in [2.45, 2.75) is 19.8 Å². The first-order valence-electron chi connectivity index (χ1n) is 2.64. The topological polar surface area (TPSA) is 83.4 Å². The van der Waals surface area contributed by atoms with Crippen molar-refractivity contribution in [1.82, 2.24) is 0 Å². The van der Waals surface area contributed by atoms with Gasteiger partial charge in [-0.05, 0) is 12.6 Å². The molecule has 0 saturated heterocycles. The summed E-state index contributed by atoms with van der Waals surface area (Å²) in [5.74, 6) is 0. The number of aliphatic hydroxyl groups excluding tert-OH is 1. The van der Waals surface area contributed by atoms with Gasteiger partial charge >= 0.3 is 27.3 Å². The minimum atomic E-state index is -2.33. The standard InChI is InChI=1S/C4H10O.CH2O3.Cd/c1-2-3-4-5;2-1(3)4;/h5H,2-4H2,1H3;(H2,2,3,4);/q;;+2/p-2. The number of hydrogen-bond acceptors (Lipinski definition) is 4. The smallest absolute Gasteiger partial charge is 0.652 e. The van der Waals surface area contributed by atoms with Crippen molar-refractivity contribution < 1.29 is 47.4 Å². The first-order chi connectivity index (χ1) is 4.15.